The van der Waals surface area contributed by atoms with Gasteiger partial charge in [0.05, 0.1) is 5.69 Å². The third-order valence-electron chi connectivity index (χ3n) is 3.36. The molecule has 1 aromatic heterocycles. The Bertz CT molecular complexity index is 569. The van der Waals surface area contributed by atoms with Gasteiger partial charge in [0.2, 0.25) is 5.88 Å². The maximum absolute atomic E-state index is 5.93. The number of hydrogen-bond acceptors (Lipinski definition) is 3. The molecule has 0 aliphatic heterocycles. The minimum atomic E-state index is 0.730. The van der Waals surface area contributed by atoms with Gasteiger partial charge in [0, 0.05) is 9.13 Å². The zero-order valence-electron chi connectivity index (χ0n) is 10.6. The van der Waals surface area contributed by atoms with E-state index in [0.717, 1.165) is 30.2 Å². The molecule has 0 bridgehead atoms. The summed E-state index contributed by atoms with van der Waals surface area (Å²) in [5.74, 6) is 1.57. The molecule has 1 aliphatic rings. The maximum atomic E-state index is 5.93. The zero-order chi connectivity index (χ0) is 13.1. The van der Waals surface area contributed by atoms with Crippen LogP contribution in [0, 0.1) is 3.57 Å². The first kappa shape index (κ1) is 12.8. The summed E-state index contributed by atoms with van der Waals surface area (Å²) < 4.78 is 7.13. The van der Waals surface area contributed by atoms with Crippen molar-refractivity contribution in [3.63, 3.8) is 0 Å². The molecule has 0 N–H and O–H groups in total. The van der Waals surface area contributed by atoms with Crippen molar-refractivity contribution in [2.24, 2.45) is 0 Å². The average Bonchev–Trinajstić information content (AvgIpc) is 2.67. The molecule has 0 unspecified atom stereocenters. The molecule has 1 aromatic carbocycles. The van der Waals surface area contributed by atoms with Crippen LogP contribution < -0.4 is 4.74 Å². The minimum Gasteiger partial charge on any atom is -0.439 e. The predicted molar refractivity (Wildman–Crippen MR) is 82.5 cm³/mol. The van der Waals surface area contributed by atoms with E-state index in [1.165, 1.54) is 28.4 Å². The van der Waals surface area contributed by atoms with Crippen molar-refractivity contribution in [2.45, 2.75) is 32.1 Å². The molecule has 1 aliphatic carbocycles. The van der Waals surface area contributed by atoms with Gasteiger partial charge in [-0.25, -0.2) is 9.97 Å². The highest BCUT2D eigenvalue weighted by molar-refractivity contribution is 14.1. The largest absolute Gasteiger partial charge is 0.439 e. The standard InChI is InChI=1S/C15H15IN2O/c16-11-6-8-12(9-7-11)19-15-13-4-2-1-3-5-14(13)17-10-18-15/h6-10H,1-5H2. The number of ether oxygens (including phenoxy) is 1. The van der Waals surface area contributed by atoms with Gasteiger partial charge in [0.15, 0.2) is 0 Å². The van der Waals surface area contributed by atoms with Crippen LogP contribution in [0.3, 0.4) is 0 Å². The Labute approximate surface area is 126 Å². The van der Waals surface area contributed by atoms with E-state index in [1.807, 2.05) is 24.3 Å². The van der Waals surface area contributed by atoms with Gasteiger partial charge in [0.1, 0.15) is 12.1 Å². The molecule has 2 aromatic rings. The lowest BCUT2D eigenvalue weighted by atomic mass is 10.1. The molecular weight excluding hydrogens is 351 g/mol. The summed E-state index contributed by atoms with van der Waals surface area (Å²) in [6.07, 6.45) is 7.36. The van der Waals surface area contributed by atoms with E-state index in [1.54, 1.807) is 6.33 Å². The Morgan fingerprint density at radius 2 is 1.74 bits per heavy atom. The lowest BCUT2D eigenvalue weighted by Crippen LogP contribution is -2.01. The van der Waals surface area contributed by atoms with E-state index < -0.39 is 0 Å². The van der Waals surface area contributed by atoms with Crippen molar-refractivity contribution < 1.29 is 4.74 Å². The number of halogens is 1. The number of nitrogens with zero attached hydrogens (tertiary/aromatic N) is 2. The second-order valence-electron chi connectivity index (χ2n) is 4.72. The summed E-state index contributed by atoms with van der Waals surface area (Å²) in [6.45, 7) is 0. The average molecular weight is 366 g/mol. The van der Waals surface area contributed by atoms with Crippen LogP contribution >= 0.6 is 22.6 Å². The molecular formula is C15H15IN2O. The lowest BCUT2D eigenvalue weighted by molar-refractivity contribution is 0.452. The monoisotopic (exact) mass is 366 g/mol. The van der Waals surface area contributed by atoms with Crippen LogP contribution in [0.4, 0.5) is 0 Å². The van der Waals surface area contributed by atoms with E-state index in [4.69, 9.17) is 4.74 Å². The molecule has 98 valence electrons. The molecule has 0 saturated heterocycles. The van der Waals surface area contributed by atoms with E-state index in [-0.39, 0.29) is 0 Å². The molecule has 3 rings (SSSR count). The Balaban J connectivity index is 1.90. The number of fused-ring (bicyclic) bond motifs is 1. The van der Waals surface area contributed by atoms with Gasteiger partial charge in [-0.3, -0.25) is 0 Å². The first-order valence-electron chi connectivity index (χ1n) is 6.59. The van der Waals surface area contributed by atoms with Gasteiger partial charge in [0.25, 0.3) is 0 Å². The first-order chi connectivity index (χ1) is 9.33. The Hall–Kier alpha value is -1.17. The molecule has 1 heterocycles. The van der Waals surface area contributed by atoms with Gasteiger partial charge in [-0.15, -0.1) is 0 Å². The highest BCUT2D eigenvalue weighted by Gasteiger charge is 2.15. The van der Waals surface area contributed by atoms with E-state index in [9.17, 15) is 0 Å². The van der Waals surface area contributed by atoms with Gasteiger partial charge in [-0.1, -0.05) is 6.42 Å². The molecule has 0 spiro atoms. The first-order valence-corrected chi connectivity index (χ1v) is 7.67. The lowest BCUT2D eigenvalue weighted by Gasteiger charge is -2.11. The second kappa shape index (κ2) is 5.86. The van der Waals surface area contributed by atoms with Crippen LogP contribution in [-0.4, -0.2) is 9.97 Å². The smallest absolute Gasteiger partial charge is 0.225 e. The SMILES string of the molecule is Ic1ccc(Oc2ncnc3c2CCCCC3)cc1. The van der Waals surface area contributed by atoms with Crippen molar-refractivity contribution in [2.75, 3.05) is 0 Å². The summed E-state index contributed by atoms with van der Waals surface area (Å²) in [4.78, 5) is 8.72. The highest BCUT2D eigenvalue weighted by atomic mass is 127. The van der Waals surface area contributed by atoms with Crippen molar-refractivity contribution >= 4 is 22.6 Å². The number of benzene rings is 1. The minimum absolute atomic E-state index is 0.730. The predicted octanol–water partition coefficient (Wildman–Crippen LogP) is 4.14. The summed E-state index contributed by atoms with van der Waals surface area (Å²) in [6, 6.07) is 8.03. The zero-order valence-corrected chi connectivity index (χ0v) is 12.8. The summed E-state index contributed by atoms with van der Waals surface area (Å²) in [5, 5.41) is 0. The van der Waals surface area contributed by atoms with Gasteiger partial charge in [-0.05, 0) is 72.5 Å². The van der Waals surface area contributed by atoms with Crippen LogP contribution in [0.5, 0.6) is 11.6 Å². The fourth-order valence-electron chi connectivity index (χ4n) is 2.37. The molecule has 0 amide bonds. The third kappa shape index (κ3) is 3.05. The fourth-order valence-corrected chi connectivity index (χ4v) is 2.73. The van der Waals surface area contributed by atoms with Crippen molar-refractivity contribution in [3.8, 4) is 11.6 Å². The third-order valence-corrected chi connectivity index (χ3v) is 4.08. The van der Waals surface area contributed by atoms with Gasteiger partial charge >= 0.3 is 0 Å². The maximum Gasteiger partial charge on any atom is 0.225 e. The molecule has 0 saturated carbocycles. The van der Waals surface area contributed by atoms with E-state index in [0.29, 0.717) is 0 Å². The van der Waals surface area contributed by atoms with E-state index >= 15 is 0 Å². The molecule has 0 fully saturated rings. The molecule has 4 heteroatoms. The Kier molecular flexibility index (Phi) is 3.96. The fraction of sp³-hybridized carbons (Fsp3) is 0.333. The Morgan fingerprint density at radius 1 is 0.947 bits per heavy atom. The molecule has 0 radical (unpaired) electrons. The van der Waals surface area contributed by atoms with Crippen molar-refractivity contribution in [1.82, 2.24) is 9.97 Å². The normalized spacial score (nSPS) is 14.6. The molecule has 0 atom stereocenters. The molecule has 3 nitrogen and oxygen atoms in total. The van der Waals surface area contributed by atoms with Crippen LogP contribution in [0.15, 0.2) is 30.6 Å². The van der Waals surface area contributed by atoms with Crippen molar-refractivity contribution in [1.29, 1.82) is 0 Å². The summed E-state index contributed by atoms with van der Waals surface area (Å²) in [5.41, 5.74) is 2.35. The van der Waals surface area contributed by atoms with Crippen LogP contribution in [0.1, 0.15) is 30.5 Å². The number of hydrogen-bond donors (Lipinski definition) is 0. The van der Waals surface area contributed by atoms with Gasteiger partial charge in [-0.2, -0.15) is 0 Å². The quantitative estimate of drug-likeness (QED) is 0.592. The van der Waals surface area contributed by atoms with Crippen LogP contribution in [0.2, 0.25) is 0 Å². The number of aryl methyl sites for hydroxylation is 1. The van der Waals surface area contributed by atoms with Gasteiger partial charge < -0.3 is 4.74 Å². The topological polar surface area (TPSA) is 35.0 Å². The Morgan fingerprint density at radius 3 is 2.58 bits per heavy atom. The summed E-state index contributed by atoms with van der Waals surface area (Å²) >= 11 is 2.29. The van der Waals surface area contributed by atoms with Crippen LogP contribution in [0.25, 0.3) is 0 Å². The second-order valence-corrected chi connectivity index (χ2v) is 5.97. The number of aromatic nitrogens is 2. The summed E-state index contributed by atoms with van der Waals surface area (Å²) in [7, 11) is 0. The number of rotatable bonds is 2. The van der Waals surface area contributed by atoms with Crippen molar-refractivity contribution in [3.05, 3.63) is 45.4 Å². The van der Waals surface area contributed by atoms with Crippen LogP contribution in [-0.2, 0) is 12.8 Å². The highest BCUT2D eigenvalue weighted by Crippen LogP contribution is 2.29. The van der Waals surface area contributed by atoms with E-state index in [2.05, 4.69) is 32.6 Å². The molecule has 19 heavy (non-hydrogen) atoms.